The van der Waals surface area contributed by atoms with Crippen molar-refractivity contribution in [2.75, 3.05) is 5.75 Å². The van der Waals surface area contributed by atoms with E-state index in [1.54, 1.807) is 0 Å². The van der Waals surface area contributed by atoms with Gasteiger partial charge in [-0.15, -0.1) is 0 Å². The molecule has 3 heteroatoms. The van der Waals surface area contributed by atoms with E-state index in [0.29, 0.717) is 0 Å². The number of thioether (sulfide) groups is 1. The molecule has 1 aromatic carbocycles. The van der Waals surface area contributed by atoms with Gasteiger partial charge < -0.3 is 5.32 Å². The Morgan fingerprint density at radius 3 is 2.67 bits per heavy atom. The minimum Gasteiger partial charge on any atom is -0.360 e. The average Bonchev–Trinajstić information content (AvgIpc) is 2.36. The molecule has 2 nitrogen and oxygen atoms in total. The molecule has 1 aliphatic rings. The number of hydrogen-bond acceptors (Lipinski definition) is 2. The summed E-state index contributed by atoms with van der Waals surface area (Å²) in [5.41, 5.74) is 1.48. The van der Waals surface area contributed by atoms with Crippen LogP contribution in [0.1, 0.15) is 45.2 Å². The first-order valence-corrected chi connectivity index (χ1v) is 7.63. The Bertz CT molecular complexity index is 412. The molecule has 0 amide bonds. The number of hydrogen-bond donors (Lipinski definition) is 1. The van der Waals surface area contributed by atoms with Gasteiger partial charge in [0.25, 0.3) is 0 Å². The summed E-state index contributed by atoms with van der Waals surface area (Å²) in [6, 6.07) is 10.8. The van der Waals surface area contributed by atoms with Crippen molar-refractivity contribution in [3.63, 3.8) is 0 Å². The van der Waals surface area contributed by atoms with Gasteiger partial charge in [-0.25, -0.2) is 0 Å². The zero-order valence-corrected chi connectivity index (χ0v) is 12.3. The van der Waals surface area contributed by atoms with E-state index in [1.165, 1.54) is 12.0 Å². The summed E-state index contributed by atoms with van der Waals surface area (Å²) in [5, 5.41) is 4.64. The molecule has 1 fully saturated rings. The number of aliphatic imine (C=N–C) groups is 1. The Kier molecular flexibility index (Phi) is 4.33. The van der Waals surface area contributed by atoms with Gasteiger partial charge in [0.15, 0.2) is 5.17 Å². The molecular weight excluding hydrogens is 240 g/mol. The number of rotatable bonds is 3. The van der Waals surface area contributed by atoms with Crippen LogP contribution in [0, 0.1) is 0 Å². The van der Waals surface area contributed by atoms with Crippen LogP contribution in [0.3, 0.4) is 0 Å². The van der Waals surface area contributed by atoms with Gasteiger partial charge in [-0.1, -0.05) is 49.0 Å². The Hall–Kier alpha value is -0.960. The van der Waals surface area contributed by atoms with Crippen molar-refractivity contribution in [1.29, 1.82) is 0 Å². The van der Waals surface area contributed by atoms with Crippen molar-refractivity contribution in [2.45, 2.75) is 45.2 Å². The van der Waals surface area contributed by atoms with Crippen LogP contribution < -0.4 is 5.32 Å². The van der Waals surface area contributed by atoms with E-state index in [1.807, 2.05) is 11.8 Å². The molecule has 1 heterocycles. The summed E-state index contributed by atoms with van der Waals surface area (Å²) in [4.78, 5) is 4.89. The predicted molar refractivity (Wildman–Crippen MR) is 81.2 cm³/mol. The second kappa shape index (κ2) is 5.79. The lowest BCUT2D eigenvalue weighted by molar-refractivity contribution is 0.445. The fourth-order valence-electron chi connectivity index (χ4n) is 2.08. The first-order chi connectivity index (χ1) is 8.61. The first kappa shape index (κ1) is 13.5. The van der Waals surface area contributed by atoms with Crippen molar-refractivity contribution in [3.8, 4) is 0 Å². The number of nitrogens with one attached hydrogen (secondary N) is 1. The van der Waals surface area contributed by atoms with Crippen LogP contribution in [0.25, 0.3) is 0 Å². The smallest absolute Gasteiger partial charge is 0.157 e. The molecule has 0 saturated carbocycles. The molecular formula is C15H22N2S. The molecule has 1 aliphatic heterocycles. The van der Waals surface area contributed by atoms with Gasteiger partial charge in [0.05, 0.1) is 6.04 Å². The molecule has 98 valence electrons. The molecule has 0 spiro atoms. The Labute approximate surface area is 114 Å². The second-order valence-electron chi connectivity index (χ2n) is 5.38. The van der Waals surface area contributed by atoms with Crippen molar-refractivity contribution >= 4 is 16.9 Å². The van der Waals surface area contributed by atoms with Gasteiger partial charge >= 0.3 is 0 Å². The van der Waals surface area contributed by atoms with Gasteiger partial charge in [-0.05, 0) is 32.3 Å². The lowest BCUT2D eigenvalue weighted by Gasteiger charge is -2.33. The molecule has 1 unspecified atom stereocenters. The lowest BCUT2D eigenvalue weighted by atomic mass is 10.0. The number of nitrogens with zero attached hydrogens (tertiary/aromatic N) is 1. The summed E-state index contributed by atoms with van der Waals surface area (Å²) >= 11 is 1.84. The molecule has 2 rings (SSSR count). The summed E-state index contributed by atoms with van der Waals surface area (Å²) in [6.07, 6.45) is 2.23. The zero-order valence-electron chi connectivity index (χ0n) is 11.4. The van der Waals surface area contributed by atoms with Crippen LogP contribution in [0.15, 0.2) is 35.3 Å². The molecule has 1 aromatic rings. The van der Waals surface area contributed by atoms with Crippen LogP contribution in [0.4, 0.5) is 0 Å². The monoisotopic (exact) mass is 262 g/mol. The minimum atomic E-state index is 0.180. The maximum atomic E-state index is 4.89. The standard InChI is InChI=1S/C15H22N2S/c1-4-13(12-8-6-5-7-9-12)16-14-17-15(2,3)10-11-18-14/h5-9,13H,4,10-11H2,1-3H3,(H,16,17). The highest BCUT2D eigenvalue weighted by molar-refractivity contribution is 8.13. The van der Waals surface area contributed by atoms with Gasteiger partial charge in [0.1, 0.15) is 0 Å². The largest absolute Gasteiger partial charge is 0.360 e. The average molecular weight is 262 g/mol. The Balaban J connectivity index is 2.15. The summed E-state index contributed by atoms with van der Waals surface area (Å²) in [7, 11) is 0. The zero-order chi connectivity index (χ0) is 13.0. The van der Waals surface area contributed by atoms with Crippen molar-refractivity contribution < 1.29 is 0 Å². The first-order valence-electron chi connectivity index (χ1n) is 6.64. The SMILES string of the molecule is CCC(N=C1NC(C)(C)CCS1)c1ccccc1. The molecule has 18 heavy (non-hydrogen) atoms. The van der Waals surface area contributed by atoms with Crippen molar-refractivity contribution in [3.05, 3.63) is 35.9 Å². The third-order valence-electron chi connectivity index (χ3n) is 3.26. The van der Waals surface area contributed by atoms with E-state index in [2.05, 4.69) is 56.4 Å². The molecule has 0 aromatic heterocycles. The second-order valence-corrected chi connectivity index (χ2v) is 6.46. The van der Waals surface area contributed by atoms with Gasteiger partial charge in [-0.2, -0.15) is 0 Å². The topological polar surface area (TPSA) is 24.4 Å². The maximum absolute atomic E-state index is 4.89. The number of amidine groups is 1. The van der Waals surface area contributed by atoms with Gasteiger partial charge in [-0.3, -0.25) is 4.99 Å². The highest BCUT2D eigenvalue weighted by Crippen LogP contribution is 2.26. The molecule has 1 atom stereocenters. The molecule has 0 bridgehead atoms. The summed E-state index contributed by atoms with van der Waals surface area (Å²) < 4.78 is 0. The Morgan fingerprint density at radius 2 is 2.06 bits per heavy atom. The third kappa shape index (κ3) is 3.52. The van der Waals surface area contributed by atoms with Gasteiger partial charge in [0.2, 0.25) is 0 Å². The fraction of sp³-hybridized carbons (Fsp3) is 0.533. The molecule has 1 N–H and O–H groups in total. The van der Waals surface area contributed by atoms with E-state index in [9.17, 15) is 0 Å². The Morgan fingerprint density at radius 1 is 1.33 bits per heavy atom. The van der Waals surface area contributed by atoms with Crippen LogP contribution in [-0.4, -0.2) is 16.5 Å². The van der Waals surface area contributed by atoms with E-state index < -0.39 is 0 Å². The highest BCUT2D eigenvalue weighted by atomic mass is 32.2. The maximum Gasteiger partial charge on any atom is 0.157 e. The van der Waals surface area contributed by atoms with Crippen molar-refractivity contribution in [2.24, 2.45) is 4.99 Å². The molecule has 0 aliphatic carbocycles. The van der Waals surface area contributed by atoms with E-state index in [4.69, 9.17) is 4.99 Å². The van der Waals surface area contributed by atoms with E-state index in [0.717, 1.165) is 17.3 Å². The fourth-order valence-corrected chi connectivity index (χ4v) is 3.43. The lowest BCUT2D eigenvalue weighted by Crippen LogP contribution is -2.46. The van der Waals surface area contributed by atoms with Gasteiger partial charge in [0, 0.05) is 11.3 Å². The highest BCUT2D eigenvalue weighted by Gasteiger charge is 2.24. The van der Waals surface area contributed by atoms with Crippen LogP contribution in [0.5, 0.6) is 0 Å². The predicted octanol–water partition coefficient (Wildman–Crippen LogP) is 4.00. The third-order valence-corrected chi connectivity index (χ3v) is 4.14. The van der Waals surface area contributed by atoms with Crippen LogP contribution in [-0.2, 0) is 0 Å². The van der Waals surface area contributed by atoms with Crippen LogP contribution in [0.2, 0.25) is 0 Å². The molecule has 0 radical (unpaired) electrons. The van der Waals surface area contributed by atoms with E-state index >= 15 is 0 Å². The summed E-state index contributed by atoms with van der Waals surface area (Å²) in [5.74, 6) is 1.16. The number of benzene rings is 1. The normalized spacial score (nSPS) is 22.5. The van der Waals surface area contributed by atoms with Crippen LogP contribution >= 0.6 is 11.8 Å². The van der Waals surface area contributed by atoms with Crippen molar-refractivity contribution in [1.82, 2.24) is 5.32 Å². The summed E-state index contributed by atoms with van der Waals surface area (Å²) in [6.45, 7) is 6.68. The van der Waals surface area contributed by atoms with E-state index in [-0.39, 0.29) is 11.6 Å². The minimum absolute atomic E-state index is 0.180. The molecule has 1 saturated heterocycles. The quantitative estimate of drug-likeness (QED) is 0.890.